The van der Waals surface area contributed by atoms with Crippen molar-refractivity contribution >= 4 is 58.3 Å². The highest BCUT2D eigenvalue weighted by Gasteiger charge is 2.20. The minimum absolute atomic E-state index is 0.145. The van der Waals surface area contributed by atoms with Crippen LogP contribution in [0.15, 0.2) is 30.3 Å². The van der Waals surface area contributed by atoms with Crippen LogP contribution in [0, 0.1) is 11.6 Å². The van der Waals surface area contributed by atoms with Crippen LogP contribution in [0.1, 0.15) is 23.7 Å². The molecule has 0 saturated carbocycles. The Morgan fingerprint density at radius 2 is 1.70 bits per heavy atom. The minimum Gasteiger partial charge on any atom is -0.452 e. The molecule has 6 nitrogen and oxygen atoms in total. The van der Waals surface area contributed by atoms with Gasteiger partial charge in [0.25, 0.3) is 11.8 Å². The summed E-state index contributed by atoms with van der Waals surface area (Å²) in [6.45, 7) is 1.16. The highest BCUT2D eigenvalue weighted by Crippen LogP contribution is 2.32. The van der Waals surface area contributed by atoms with Crippen LogP contribution in [0.2, 0.25) is 15.1 Å². The monoisotopic (exact) mass is 478 g/mol. The molecule has 160 valence electrons. The number of hydrogen-bond donors (Lipinski definition) is 2. The van der Waals surface area contributed by atoms with Crippen molar-refractivity contribution in [3.63, 3.8) is 0 Å². The Balaban J connectivity index is 1.82. The van der Waals surface area contributed by atoms with Gasteiger partial charge in [-0.05, 0) is 31.2 Å². The lowest BCUT2D eigenvalue weighted by Crippen LogP contribution is -2.32. The van der Waals surface area contributed by atoms with Gasteiger partial charge >= 0.3 is 5.97 Å². The zero-order valence-corrected chi connectivity index (χ0v) is 17.7. The van der Waals surface area contributed by atoms with Gasteiger partial charge in [0.05, 0.1) is 32.7 Å². The van der Waals surface area contributed by atoms with Gasteiger partial charge in [0.1, 0.15) is 11.6 Å². The van der Waals surface area contributed by atoms with Crippen molar-refractivity contribution in [2.24, 2.45) is 0 Å². The Labute approximate surface area is 185 Å². The van der Waals surface area contributed by atoms with Gasteiger partial charge in [0.15, 0.2) is 6.10 Å². The van der Waals surface area contributed by atoms with E-state index < -0.39 is 35.5 Å². The summed E-state index contributed by atoms with van der Waals surface area (Å²) in [6, 6.07) is 5.20. The summed E-state index contributed by atoms with van der Waals surface area (Å²) in [5, 5.41) is 5.29. The van der Waals surface area contributed by atoms with Crippen LogP contribution in [0.4, 0.5) is 14.5 Å². The van der Waals surface area contributed by atoms with Gasteiger partial charge in [-0.25, -0.2) is 8.78 Å². The quantitative estimate of drug-likeness (QED) is 0.448. The SMILES string of the molecule is CC(OC(=O)CCNC(=O)c1ccc(F)cc1F)C(=O)Nc1cc(Cl)c(Cl)cc1Cl. The third-order valence-electron chi connectivity index (χ3n) is 3.74. The fourth-order valence-electron chi connectivity index (χ4n) is 2.21. The van der Waals surface area contributed by atoms with E-state index in [1.807, 2.05) is 0 Å². The van der Waals surface area contributed by atoms with Crippen LogP contribution < -0.4 is 10.6 Å². The normalized spacial score (nSPS) is 11.5. The van der Waals surface area contributed by atoms with Crippen molar-refractivity contribution in [1.29, 1.82) is 0 Å². The molecule has 0 aliphatic heterocycles. The van der Waals surface area contributed by atoms with Crippen LogP contribution in [0.3, 0.4) is 0 Å². The van der Waals surface area contributed by atoms with Crippen LogP contribution in [0.25, 0.3) is 0 Å². The molecule has 1 unspecified atom stereocenters. The number of esters is 1. The zero-order chi connectivity index (χ0) is 22.4. The van der Waals surface area contributed by atoms with E-state index in [-0.39, 0.29) is 39.3 Å². The Kier molecular flexibility index (Phi) is 8.40. The van der Waals surface area contributed by atoms with Gasteiger partial charge in [-0.3, -0.25) is 14.4 Å². The molecule has 0 aromatic heterocycles. The predicted molar refractivity (Wildman–Crippen MR) is 109 cm³/mol. The number of carbonyl (C=O) groups excluding carboxylic acids is 3. The van der Waals surface area contributed by atoms with E-state index >= 15 is 0 Å². The Morgan fingerprint density at radius 1 is 1.03 bits per heavy atom. The number of nitrogens with one attached hydrogen (secondary N) is 2. The summed E-state index contributed by atoms with van der Waals surface area (Å²) in [7, 11) is 0. The number of benzene rings is 2. The molecule has 0 fully saturated rings. The number of amides is 2. The third-order valence-corrected chi connectivity index (χ3v) is 4.77. The van der Waals surface area contributed by atoms with E-state index in [0.717, 1.165) is 12.1 Å². The molecule has 11 heteroatoms. The average molecular weight is 480 g/mol. The van der Waals surface area contributed by atoms with E-state index in [0.29, 0.717) is 6.07 Å². The van der Waals surface area contributed by atoms with Gasteiger partial charge < -0.3 is 15.4 Å². The van der Waals surface area contributed by atoms with Crippen LogP contribution in [0.5, 0.6) is 0 Å². The largest absolute Gasteiger partial charge is 0.452 e. The van der Waals surface area contributed by atoms with Crippen molar-refractivity contribution < 1.29 is 27.9 Å². The predicted octanol–water partition coefficient (Wildman–Crippen LogP) is 4.62. The molecule has 0 aliphatic rings. The molecular formula is C19H15Cl3F2N2O4. The molecule has 0 spiro atoms. The molecule has 2 amide bonds. The van der Waals surface area contributed by atoms with Gasteiger partial charge in [-0.2, -0.15) is 0 Å². The Hall–Kier alpha value is -2.42. The topological polar surface area (TPSA) is 84.5 Å². The van der Waals surface area contributed by atoms with E-state index in [2.05, 4.69) is 10.6 Å². The smallest absolute Gasteiger partial charge is 0.308 e. The first kappa shape index (κ1) is 23.9. The summed E-state index contributed by atoms with van der Waals surface area (Å²) in [6.07, 6.45) is -1.45. The maximum atomic E-state index is 13.5. The molecule has 1 atom stereocenters. The maximum Gasteiger partial charge on any atom is 0.308 e. The minimum atomic E-state index is -1.17. The zero-order valence-electron chi connectivity index (χ0n) is 15.4. The number of carbonyl (C=O) groups is 3. The number of hydrogen-bond acceptors (Lipinski definition) is 4. The molecule has 2 aromatic carbocycles. The van der Waals surface area contributed by atoms with Crippen LogP contribution >= 0.6 is 34.8 Å². The molecule has 2 N–H and O–H groups in total. The first-order valence-corrected chi connectivity index (χ1v) is 9.60. The maximum absolute atomic E-state index is 13.5. The summed E-state index contributed by atoms with van der Waals surface area (Å²) in [5.41, 5.74) is -0.177. The first-order chi connectivity index (χ1) is 14.1. The third kappa shape index (κ3) is 6.55. The summed E-state index contributed by atoms with van der Waals surface area (Å²) >= 11 is 17.7. The summed E-state index contributed by atoms with van der Waals surface area (Å²) in [5.74, 6) is -4.11. The van der Waals surface area contributed by atoms with Gasteiger partial charge in [-0.15, -0.1) is 0 Å². The lowest BCUT2D eigenvalue weighted by molar-refractivity contribution is -0.153. The van der Waals surface area contributed by atoms with Gasteiger partial charge in [-0.1, -0.05) is 34.8 Å². The van der Waals surface area contributed by atoms with Crippen molar-refractivity contribution in [2.45, 2.75) is 19.4 Å². The van der Waals surface area contributed by atoms with Gasteiger partial charge in [0.2, 0.25) is 0 Å². The molecule has 0 radical (unpaired) electrons. The lowest BCUT2D eigenvalue weighted by Gasteiger charge is -2.15. The summed E-state index contributed by atoms with van der Waals surface area (Å²) in [4.78, 5) is 35.9. The van der Waals surface area contributed by atoms with Crippen LogP contribution in [-0.4, -0.2) is 30.4 Å². The highest BCUT2D eigenvalue weighted by atomic mass is 35.5. The molecule has 0 aliphatic carbocycles. The van der Waals surface area contributed by atoms with Crippen molar-refractivity contribution in [3.05, 3.63) is 62.6 Å². The molecule has 0 heterocycles. The standard InChI is InChI=1S/C19H15Cl3F2N2O4/c1-9(18(28)26-16-8-13(21)12(20)7-14(16)22)30-17(27)4-5-25-19(29)11-3-2-10(23)6-15(11)24/h2-3,6-9H,4-5H2,1H3,(H,25,29)(H,26,28). The molecule has 2 aromatic rings. The highest BCUT2D eigenvalue weighted by molar-refractivity contribution is 6.44. The van der Waals surface area contributed by atoms with E-state index in [9.17, 15) is 23.2 Å². The van der Waals surface area contributed by atoms with Crippen molar-refractivity contribution in [3.8, 4) is 0 Å². The molecule has 2 rings (SSSR count). The fourth-order valence-corrected chi connectivity index (χ4v) is 2.80. The second-order valence-electron chi connectivity index (χ2n) is 6.00. The number of halogens is 5. The lowest BCUT2D eigenvalue weighted by atomic mass is 10.2. The molecule has 30 heavy (non-hydrogen) atoms. The average Bonchev–Trinajstić information content (AvgIpc) is 2.65. The Bertz CT molecular complexity index is 988. The second-order valence-corrected chi connectivity index (χ2v) is 7.22. The summed E-state index contributed by atoms with van der Waals surface area (Å²) < 4.78 is 31.4. The number of anilines is 1. The van der Waals surface area contributed by atoms with Crippen LogP contribution in [-0.2, 0) is 14.3 Å². The van der Waals surface area contributed by atoms with Gasteiger partial charge in [0, 0.05) is 12.6 Å². The fraction of sp³-hybridized carbons (Fsp3) is 0.211. The molecule has 0 saturated heterocycles. The van der Waals surface area contributed by atoms with Crippen molar-refractivity contribution in [2.75, 3.05) is 11.9 Å². The number of rotatable bonds is 7. The first-order valence-electron chi connectivity index (χ1n) is 8.46. The van der Waals surface area contributed by atoms with E-state index in [4.69, 9.17) is 39.5 Å². The molecule has 0 bridgehead atoms. The number of ether oxygens (including phenoxy) is 1. The molecular weight excluding hydrogens is 465 g/mol. The van der Waals surface area contributed by atoms with E-state index in [1.165, 1.54) is 19.1 Å². The van der Waals surface area contributed by atoms with E-state index in [1.54, 1.807) is 0 Å². The van der Waals surface area contributed by atoms with Crippen molar-refractivity contribution in [1.82, 2.24) is 5.32 Å². The Morgan fingerprint density at radius 3 is 2.37 bits per heavy atom. The second kappa shape index (κ2) is 10.6.